The summed E-state index contributed by atoms with van der Waals surface area (Å²) in [6.45, 7) is 0.174. The van der Waals surface area contributed by atoms with Crippen molar-refractivity contribution in [2.45, 2.75) is 0 Å². The summed E-state index contributed by atoms with van der Waals surface area (Å²) in [6.07, 6.45) is 3.36. The van der Waals surface area contributed by atoms with E-state index < -0.39 is 0 Å². The third-order valence-electron chi connectivity index (χ3n) is 2.39. The molecule has 4 nitrogen and oxygen atoms in total. The van der Waals surface area contributed by atoms with E-state index in [0.717, 1.165) is 10.8 Å². The van der Waals surface area contributed by atoms with E-state index in [0.29, 0.717) is 17.1 Å². The lowest BCUT2D eigenvalue weighted by Gasteiger charge is -2.03. The maximum absolute atomic E-state index is 9.09. The highest BCUT2D eigenvalue weighted by atomic mass is 16.7. The van der Waals surface area contributed by atoms with Gasteiger partial charge < -0.3 is 9.47 Å². The number of aromatic nitrogens is 1. The van der Waals surface area contributed by atoms with E-state index in [1.165, 1.54) is 0 Å². The first-order valence-electron chi connectivity index (χ1n) is 4.46. The second-order valence-electron chi connectivity index (χ2n) is 3.19. The zero-order valence-electron chi connectivity index (χ0n) is 7.73. The lowest BCUT2D eigenvalue weighted by Crippen LogP contribution is -1.93. The highest BCUT2D eigenvalue weighted by Gasteiger charge is 2.20. The molecule has 0 saturated heterocycles. The van der Waals surface area contributed by atoms with Gasteiger partial charge in [-0.25, -0.2) is 0 Å². The lowest BCUT2D eigenvalue weighted by atomic mass is 10.1. The second-order valence-corrected chi connectivity index (χ2v) is 3.19. The lowest BCUT2D eigenvalue weighted by molar-refractivity contribution is 0.174. The fourth-order valence-electron chi connectivity index (χ4n) is 1.72. The molecule has 3 rings (SSSR count). The molecule has 2 heterocycles. The Balaban J connectivity index is 2.47. The molecule has 15 heavy (non-hydrogen) atoms. The Labute approximate surface area is 85.7 Å². The van der Waals surface area contributed by atoms with Crippen LogP contribution < -0.4 is 9.47 Å². The van der Waals surface area contributed by atoms with Crippen LogP contribution in [-0.2, 0) is 0 Å². The second kappa shape index (κ2) is 2.85. The Kier molecular flexibility index (Phi) is 1.53. The van der Waals surface area contributed by atoms with Gasteiger partial charge in [-0.1, -0.05) is 0 Å². The van der Waals surface area contributed by atoms with E-state index in [9.17, 15) is 0 Å². The summed E-state index contributed by atoms with van der Waals surface area (Å²) >= 11 is 0. The molecule has 0 N–H and O–H groups in total. The Bertz CT molecular complexity index is 587. The minimum atomic E-state index is 0.174. The molecule has 0 saturated carbocycles. The quantitative estimate of drug-likeness (QED) is 0.648. The molecule has 1 aromatic heterocycles. The van der Waals surface area contributed by atoms with Gasteiger partial charge in [0.05, 0.1) is 0 Å². The van der Waals surface area contributed by atoms with Crippen LogP contribution in [0.3, 0.4) is 0 Å². The van der Waals surface area contributed by atoms with E-state index in [-0.39, 0.29) is 6.79 Å². The van der Waals surface area contributed by atoms with Gasteiger partial charge in [0.25, 0.3) is 0 Å². The predicted molar refractivity (Wildman–Crippen MR) is 52.6 cm³/mol. The molecule has 0 aliphatic carbocycles. The Hall–Kier alpha value is -2.28. The van der Waals surface area contributed by atoms with E-state index in [2.05, 4.69) is 11.1 Å². The van der Waals surface area contributed by atoms with Gasteiger partial charge in [0.2, 0.25) is 6.79 Å². The smallest absolute Gasteiger partial charge is 0.231 e. The normalized spacial score (nSPS) is 12.7. The summed E-state index contributed by atoms with van der Waals surface area (Å²) in [5, 5.41) is 10.8. The van der Waals surface area contributed by atoms with Crippen LogP contribution in [0.4, 0.5) is 0 Å². The molecule has 4 heteroatoms. The number of nitriles is 1. The molecule has 0 bridgehead atoms. The van der Waals surface area contributed by atoms with Crippen LogP contribution in [-0.4, -0.2) is 11.8 Å². The molecule has 1 aliphatic heterocycles. The van der Waals surface area contributed by atoms with Gasteiger partial charge in [0.15, 0.2) is 11.5 Å². The van der Waals surface area contributed by atoms with Gasteiger partial charge in [-0.3, -0.25) is 4.98 Å². The van der Waals surface area contributed by atoms with Crippen molar-refractivity contribution in [2.24, 2.45) is 0 Å². The average molecular weight is 198 g/mol. The van der Waals surface area contributed by atoms with Gasteiger partial charge in [-0.05, 0) is 12.1 Å². The predicted octanol–water partition coefficient (Wildman–Crippen LogP) is 1.84. The van der Waals surface area contributed by atoms with Crippen LogP contribution >= 0.6 is 0 Å². The topological polar surface area (TPSA) is 55.1 Å². The minimum absolute atomic E-state index is 0.174. The van der Waals surface area contributed by atoms with Crippen molar-refractivity contribution in [3.05, 3.63) is 30.1 Å². The Morgan fingerprint density at radius 2 is 2.33 bits per heavy atom. The van der Waals surface area contributed by atoms with Gasteiger partial charge in [-0.15, -0.1) is 0 Å². The number of fused-ring (bicyclic) bond motifs is 2. The third kappa shape index (κ3) is 1.03. The minimum Gasteiger partial charge on any atom is -0.454 e. The fourth-order valence-corrected chi connectivity index (χ4v) is 1.72. The van der Waals surface area contributed by atoms with Crippen molar-refractivity contribution in [3.63, 3.8) is 0 Å². The summed E-state index contributed by atoms with van der Waals surface area (Å²) in [5.74, 6) is 1.16. The van der Waals surface area contributed by atoms with Crippen molar-refractivity contribution in [2.75, 3.05) is 6.79 Å². The van der Waals surface area contributed by atoms with E-state index in [1.54, 1.807) is 18.5 Å². The van der Waals surface area contributed by atoms with Crippen LogP contribution in [0, 0.1) is 11.3 Å². The molecule has 72 valence electrons. The van der Waals surface area contributed by atoms with Crippen LogP contribution in [0.25, 0.3) is 10.8 Å². The molecule has 0 atom stereocenters. The summed E-state index contributed by atoms with van der Waals surface area (Å²) in [5.41, 5.74) is 0.516. The van der Waals surface area contributed by atoms with E-state index >= 15 is 0 Å². The molecule has 0 spiro atoms. The van der Waals surface area contributed by atoms with Crippen molar-refractivity contribution in [1.29, 1.82) is 5.26 Å². The first-order valence-corrected chi connectivity index (χ1v) is 4.46. The van der Waals surface area contributed by atoms with Crippen molar-refractivity contribution >= 4 is 10.8 Å². The first-order chi connectivity index (χ1) is 7.40. The number of hydrogen-bond donors (Lipinski definition) is 0. The van der Waals surface area contributed by atoms with E-state index in [1.807, 2.05) is 6.07 Å². The molecule has 1 aliphatic rings. The summed E-state index contributed by atoms with van der Waals surface area (Å²) in [4.78, 5) is 4.01. The van der Waals surface area contributed by atoms with Crippen molar-refractivity contribution in [1.82, 2.24) is 4.98 Å². The number of rotatable bonds is 0. The van der Waals surface area contributed by atoms with Gasteiger partial charge in [0, 0.05) is 23.2 Å². The zero-order valence-corrected chi connectivity index (χ0v) is 7.73. The Morgan fingerprint density at radius 3 is 3.20 bits per heavy atom. The highest BCUT2D eigenvalue weighted by molar-refractivity contribution is 5.91. The SMILES string of the molecule is N#Cc1c2c(cc3cnccc13)OCO2. The fraction of sp³-hybridized carbons (Fsp3) is 0.0909. The molecule has 0 amide bonds. The molecular weight excluding hydrogens is 192 g/mol. The largest absolute Gasteiger partial charge is 0.454 e. The summed E-state index contributed by atoms with van der Waals surface area (Å²) < 4.78 is 10.5. The zero-order chi connectivity index (χ0) is 10.3. The van der Waals surface area contributed by atoms with Gasteiger partial charge in [-0.2, -0.15) is 5.26 Å². The number of pyridine rings is 1. The molecule has 1 aromatic carbocycles. The maximum Gasteiger partial charge on any atom is 0.231 e. The van der Waals surface area contributed by atoms with Crippen molar-refractivity contribution < 1.29 is 9.47 Å². The third-order valence-corrected chi connectivity index (χ3v) is 2.39. The molecule has 0 unspecified atom stereocenters. The number of benzene rings is 1. The maximum atomic E-state index is 9.09. The first kappa shape index (κ1) is 8.06. The molecule has 0 radical (unpaired) electrons. The number of hydrogen-bond acceptors (Lipinski definition) is 4. The highest BCUT2D eigenvalue weighted by Crippen LogP contribution is 2.39. The van der Waals surface area contributed by atoms with Crippen LogP contribution in [0.15, 0.2) is 24.5 Å². The van der Waals surface area contributed by atoms with Crippen molar-refractivity contribution in [3.8, 4) is 17.6 Å². The number of ether oxygens (including phenoxy) is 2. The summed E-state index contributed by atoms with van der Waals surface area (Å²) in [6, 6.07) is 5.78. The molecule has 2 aromatic rings. The average Bonchev–Trinajstić information content (AvgIpc) is 2.73. The van der Waals surface area contributed by atoms with Crippen LogP contribution in [0.5, 0.6) is 11.5 Å². The van der Waals surface area contributed by atoms with Gasteiger partial charge in [0.1, 0.15) is 11.6 Å². The standard InChI is InChI=1S/C11H6N2O2/c12-4-9-8-1-2-13-5-7(8)3-10-11(9)15-6-14-10/h1-3,5H,6H2. The van der Waals surface area contributed by atoms with Crippen LogP contribution in [0.1, 0.15) is 5.56 Å². The van der Waals surface area contributed by atoms with E-state index in [4.69, 9.17) is 14.7 Å². The molecular formula is C11H6N2O2. The van der Waals surface area contributed by atoms with Crippen LogP contribution in [0.2, 0.25) is 0 Å². The monoisotopic (exact) mass is 198 g/mol. The molecule has 0 fully saturated rings. The Morgan fingerprint density at radius 1 is 1.40 bits per heavy atom. The van der Waals surface area contributed by atoms with Gasteiger partial charge >= 0.3 is 0 Å². The number of nitrogens with zero attached hydrogens (tertiary/aromatic N) is 2. The summed E-state index contributed by atoms with van der Waals surface area (Å²) in [7, 11) is 0.